The summed E-state index contributed by atoms with van der Waals surface area (Å²) in [6.07, 6.45) is 6.35. The highest BCUT2D eigenvalue weighted by atomic mass is 19.1. The van der Waals surface area contributed by atoms with Gasteiger partial charge in [0.25, 0.3) is 5.91 Å². The largest absolute Gasteiger partial charge is 0.382 e. The predicted octanol–water partition coefficient (Wildman–Crippen LogP) is 6.15. The third-order valence-electron chi connectivity index (χ3n) is 6.48. The van der Waals surface area contributed by atoms with Crippen LogP contribution in [0.3, 0.4) is 0 Å². The molecule has 33 heavy (non-hydrogen) atoms. The van der Waals surface area contributed by atoms with Crippen LogP contribution in [-0.2, 0) is 6.42 Å². The number of hydrogen-bond acceptors (Lipinski definition) is 3. The molecule has 0 bridgehead atoms. The maximum Gasteiger partial charge on any atom is 0.250 e. The monoisotopic (exact) mass is 449 g/mol. The smallest absolute Gasteiger partial charge is 0.250 e. The van der Waals surface area contributed by atoms with Crippen LogP contribution in [-0.4, -0.2) is 22.4 Å². The number of nitrogens with zero attached hydrogens (tertiary/aromatic N) is 1. The number of hydrogen-bond donors (Lipinski definition) is 2. The first-order valence-electron chi connectivity index (χ1n) is 11.8. The lowest BCUT2D eigenvalue weighted by Gasteiger charge is -2.25. The standard InChI is InChI=1S/C27H32FN3O2/c1-16(2)13-25-26(22-12-10-19(28)15-24(22)31(25)17(3)32)18-9-11-21(27(29)33)23(14-18)30-20-7-5-4-6-8-20/h9-12,14-16,20,30H,4-8,13H2,1-3H3,(H2,29,33). The first kappa shape index (κ1) is 23.0. The van der Waals surface area contributed by atoms with Crippen molar-refractivity contribution in [3.05, 3.63) is 53.5 Å². The van der Waals surface area contributed by atoms with Crippen molar-refractivity contribution in [3.63, 3.8) is 0 Å². The lowest BCUT2D eigenvalue weighted by atomic mass is 9.93. The summed E-state index contributed by atoms with van der Waals surface area (Å²) in [6.45, 7) is 5.70. The molecule has 0 atom stereocenters. The summed E-state index contributed by atoms with van der Waals surface area (Å²) in [5, 5.41) is 4.37. The molecule has 6 heteroatoms. The molecule has 0 saturated heterocycles. The summed E-state index contributed by atoms with van der Waals surface area (Å²) >= 11 is 0. The Morgan fingerprint density at radius 2 is 1.85 bits per heavy atom. The van der Waals surface area contributed by atoms with Crippen LogP contribution in [0.5, 0.6) is 0 Å². The van der Waals surface area contributed by atoms with Crippen molar-refractivity contribution in [2.75, 3.05) is 5.32 Å². The number of rotatable bonds is 6. The first-order valence-corrected chi connectivity index (χ1v) is 11.8. The summed E-state index contributed by atoms with van der Waals surface area (Å²) in [6, 6.07) is 10.5. The molecule has 0 spiro atoms. The van der Waals surface area contributed by atoms with Gasteiger partial charge in [-0.25, -0.2) is 4.39 Å². The second-order valence-electron chi connectivity index (χ2n) is 9.54. The Morgan fingerprint density at radius 1 is 1.12 bits per heavy atom. The van der Waals surface area contributed by atoms with E-state index in [0.29, 0.717) is 35.1 Å². The fraction of sp³-hybridized carbons (Fsp3) is 0.407. The summed E-state index contributed by atoms with van der Waals surface area (Å²) in [5.74, 6) is -0.716. The van der Waals surface area contributed by atoms with Crippen LogP contribution in [0, 0.1) is 11.7 Å². The first-order chi connectivity index (χ1) is 15.8. The summed E-state index contributed by atoms with van der Waals surface area (Å²) in [5.41, 5.74) is 10.1. The molecule has 1 saturated carbocycles. The normalized spacial score (nSPS) is 14.7. The zero-order valence-corrected chi connectivity index (χ0v) is 19.6. The van der Waals surface area contributed by atoms with Gasteiger partial charge in [0.15, 0.2) is 0 Å². The molecule has 1 aromatic heterocycles. The van der Waals surface area contributed by atoms with Crippen molar-refractivity contribution in [2.24, 2.45) is 11.7 Å². The zero-order chi connectivity index (χ0) is 23.7. The Balaban J connectivity index is 1.93. The number of nitrogens with one attached hydrogen (secondary N) is 1. The molecular formula is C27H32FN3O2. The quantitative estimate of drug-likeness (QED) is 0.474. The van der Waals surface area contributed by atoms with E-state index < -0.39 is 5.91 Å². The molecule has 1 aliphatic carbocycles. The number of halogens is 1. The summed E-state index contributed by atoms with van der Waals surface area (Å²) in [4.78, 5) is 24.8. The van der Waals surface area contributed by atoms with Crippen molar-refractivity contribution in [2.45, 2.75) is 65.3 Å². The van der Waals surface area contributed by atoms with Gasteiger partial charge in [0.1, 0.15) is 5.82 Å². The number of anilines is 1. The highest BCUT2D eigenvalue weighted by Crippen LogP contribution is 2.39. The Morgan fingerprint density at radius 3 is 2.48 bits per heavy atom. The third kappa shape index (κ3) is 4.65. The van der Waals surface area contributed by atoms with Crippen molar-refractivity contribution < 1.29 is 14.0 Å². The van der Waals surface area contributed by atoms with Crippen molar-refractivity contribution in [1.82, 2.24) is 4.57 Å². The summed E-state index contributed by atoms with van der Waals surface area (Å²) in [7, 11) is 0. The van der Waals surface area contributed by atoms with Gasteiger partial charge in [-0.3, -0.25) is 14.2 Å². The molecule has 1 aliphatic rings. The van der Waals surface area contributed by atoms with Crippen LogP contribution in [0.15, 0.2) is 36.4 Å². The van der Waals surface area contributed by atoms with Crippen molar-refractivity contribution in [1.29, 1.82) is 0 Å². The fourth-order valence-electron chi connectivity index (χ4n) is 5.08. The average molecular weight is 450 g/mol. The van der Waals surface area contributed by atoms with Gasteiger partial charge in [0, 0.05) is 35.3 Å². The Kier molecular flexibility index (Phi) is 6.54. The maximum atomic E-state index is 14.2. The minimum absolute atomic E-state index is 0.151. The van der Waals surface area contributed by atoms with E-state index in [4.69, 9.17) is 5.73 Å². The number of aromatic nitrogens is 1. The predicted molar refractivity (Wildman–Crippen MR) is 131 cm³/mol. The number of amides is 1. The van der Waals surface area contributed by atoms with E-state index in [1.807, 2.05) is 12.1 Å². The number of fused-ring (bicyclic) bond motifs is 1. The SMILES string of the molecule is CC(=O)n1c(CC(C)C)c(-c2ccc(C(N)=O)c(NC3CCCCC3)c2)c2ccc(F)cc21. The molecule has 5 nitrogen and oxygen atoms in total. The van der Waals surface area contributed by atoms with Crippen LogP contribution in [0.1, 0.15) is 73.7 Å². The van der Waals surface area contributed by atoms with Crippen LogP contribution in [0.4, 0.5) is 10.1 Å². The molecule has 1 heterocycles. The van der Waals surface area contributed by atoms with E-state index >= 15 is 0 Å². The minimum Gasteiger partial charge on any atom is -0.382 e. The van der Waals surface area contributed by atoms with E-state index in [0.717, 1.165) is 35.0 Å². The van der Waals surface area contributed by atoms with Gasteiger partial charge < -0.3 is 11.1 Å². The van der Waals surface area contributed by atoms with E-state index in [9.17, 15) is 14.0 Å². The second kappa shape index (κ2) is 9.38. The number of primary amides is 1. The molecular weight excluding hydrogens is 417 g/mol. The van der Waals surface area contributed by atoms with Gasteiger partial charge >= 0.3 is 0 Å². The molecule has 0 aliphatic heterocycles. The zero-order valence-electron chi connectivity index (χ0n) is 19.6. The lowest BCUT2D eigenvalue weighted by Crippen LogP contribution is -2.24. The van der Waals surface area contributed by atoms with Crippen molar-refractivity contribution >= 4 is 28.4 Å². The molecule has 1 fully saturated rings. The van der Waals surface area contributed by atoms with Crippen LogP contribution < -0.4 is 11.1 Å². The van der Waals surface area contributed by atoms with E-state index in [2.05, 4.69) is 19.2 Å². The third-order valence-corrected chi connectivity index (χ3v) is 6.48. The van der Waals surface area contributed by atoms with Crippen LogP contribution >= 0.6 is 0 Å². The molecule has 3 aromatic rings. The minimum atomic E-state index is -0.476. The van der Waals surface area contributed by atoms with Crippen LogP contribution in [0.2, 0.25) is 0 Å². The number of carbonyl (C=O) groups excluding carboxylic acids is 2. The van der Waals surface area contributed by atoms with Gasteiger partial charge in [0.2, 0.25) is 5.91 Å². The van der Waals surface area contributed by atoms with E-state index in [-0.39, 0.29) is 11.7 Å². The number of nitrogens with two attached hydrogens (primary N) is 1. The maximum absolute atomic E-state index is 14.2. The Bertz CT molecular complexity index is 1210. The van der Waals surface area contributed by atoms with Gasteiger partial charge in [0.05, 0.1) is 11.1 Å². The van der Waals surface area contributed by atoms with Gasteiger partial charge in [-0.1, -0.05) is 39.2 Å². The Labute approximate surface area is 194 Å². The van der Waals surface area contributed by atoms with E-state index in [1.165, 1.54) is 38.3 Å². The topological polar surface area (TPSA) is 77.1 Å². The van der Waals surface area contributed by atoms with Gasteiger partial charge in [-0.05, 0) is 61.1 Å². The summed E-state index contributed by atoms with van der Waals surface area (Å²) < 4.78 is 15.8. The second-order valence-corrected chi connectivity index (χ2v) is 9.54. The average Bonchev–Trinajstić information content (AvgIpc) is 3.06. The van der Waals surface area contributed by atoms with Crippen molar-refractivity contribution in [3.8, 4) is 11.1 Å². The van der Waals surface area contributed by atoms with E-state index in [1.54, 1.807) is 16.7 Å². The molecule has 174 valence electrons. The number of carbonyl (C=O) groups is 2. The lowest BCUT2D eigenvalue weighted by molar-refractivity contribution is 0.0937. The molecule has 0 radical (unpaired) electrons. The molecule has 2 aromatic carbocycles. The number of benzene rings is 2. The highest BCUT2D eigenvalue weighted by Gasteiger charge is 2.24. The molecule has 1 amide bonds. The molecule has 4 rings (SSSR count). The molecule has 3 N–H and O–H groups in total. The Hall–Kier alpha value is -3.15. The highest BCUT2D eigenvalue weighted by molar-refractivity contribution is 6.05. The van der Waals surface area contributed by atoms with Gasteiger partial charge in [-0.15, -0.1) is 0 Å². The van der Waals surface area contributed by atoms with Crippen LogP contribution in [0.25, 0.3) is 22.0 Å². The fourth-order valence-corrected chi connectivity index (χ4v) is 5.08. The molecule has 0 unspecified atom stereocenters. The van der Waals surface area contributed by atoms with Gasteiger partial charge in [-0.2, -0.15) is 0 Å².